The lowest BCUT2D eigenvalue weighted by atomic mass is 10.1. The minimum Gasteiger partial charge on any atom is -0.507 e. The number of anilines is 1. The largest absolute Gasteiger partial charge is 0.507 e. The molecule has 0 aliphatic heterocycles. The Morgan fingerprint density at radius 3 is 2.36 bits per heavy atom. The lowest BCUT2D eigenvalue weighted by Gasteiger charge is -2.08. The first-order valence-corrected chi connectivity index (χ1v) is 7.53. The number of aromatic nitrogens is 2. The van der Waals surface area contributed by atoms with E-state index in [0.29, 0.717) is 11.3 Å². The molecule has 0 fully saturated rings. The number of phenolic OH excluding ortho intramolecular Hbond substituents is 1. The van der Waals surface area contributed by atoms with Crippen LogP contribution in [0.3, 0.4) is 0 Å². The molecule has 0 aliphatic rings. The highest BCUT2D eigenvalue weighted by molar-refractivity contribution is 9.10. The van der Waals surface area contributed by atoms with Crippen molar-refractivity contribution in [3.05, 3.63) is 58.6 Å². The molecule has 1 heterocycles. The molecule has 110 valence electrons. The Bertz CT molecular complexity index is 832. The highest BCUT2D eigenvalue weighted by Crippen LogP contribution is 2.32. The Kier molecular flexibility index (Phi) is 3.81. The van der Waals surface area contributed by atoms with E-state index < -0.39 is 0 Å². The molecule has 0 amide bonds. The smallest absolute Gasteiger partial charge is 0.221 e. The third-order valence-electron chi connectivity index (χ3n) is 3.33. The first-order valence-electron chi connectivity index (χ1n) is 6.73. The van der Waals surface area contributed by atoms with Gasteiger partial charge in [-0.3, -0.25) is 0 Å². The summed E-state index contributed by atoms with van der Waals surface area (Å²) in [4.78, 5) is 8.52. The number of nitrogens with zero attached hydrogens (tertiary/aromatic N) is 2. The number of hydrogen-bond acceptors (Lipinski definition) is 4. The zero-order chi connectivity index (χ0) is 15.7. The van der Waals surface area contributed by atoms with Crippen molar-refractivity contribution in [2.75, 3.05) is 5.73 Å². The van der Waals surface area contributed by atoms with Gasteiger partial charge in [0.1, 0.15) is 5.75 Å². The van der Waals surface area contributed by atoms with E-state index in [9.17, 15) is 5.11 Å². The van der Waals surface area contributed by atoms with Gasteiger partial charge >= 0.3 is 0 Å². The van der Waals surface area contributed by atoms with Gasteiger partial charge in [0.2, 0.25) is 5.95 Å². The molecule has 0 atom stereocenters. The van der Waals surface area contributed by atoms with Crippen LogP contribution in [-0.4, -0.2) is 15.1 Å². The van der Waals surface area contributed by atoms with Crippen LogP contribution in [0.2, 0.25) is 0 Å². The Morgan fingerprint density at radius 1 is 0.955 bits per heavy atom. The lowest BCUT2D eigenvalue weighted by molar-refractivity contribution is 0.477. The van der Waals surface area contributed by atoms with Crippen LogP contribution in [0.4, 0.5) is 5.95 Å². The topological polar surface area (TPSA) is 72.0 Å². The Balaban J connectivity index is 2.14. The maximum Gasteiger partial charge on any atom is 0.221 e. The van der Waals surface area contributed by atoms with Crippen LogP contribution in [0.15, 0.2) is 53.0 Å². The van der Waals surface area contributed by atoms with Gasteiger partial charge in [0, 0.05) is 15.6 Å². The molecule has 1 aromatic heterocycles. The molecule has 0 unspecified atom stereocenters. The van der Waals surface area contributed by atoms with Crippen LogP contribution in [0.1, 0.15) is 5.56 Å². The van der Waals surface area contributed by atoms with E-state index in [1.54, 1.807) is 18.2 Å². The Labute approximate surface area is 136 Å². The van der Waals surface area contributed by atoms with Crippen molar-refractivity contribution in [2.24, 2.45) is 0 Å². The first-order chi connectivity index (χ1) is 10.5. The van der Waals surface area contributed by atoms with Gasteiger partial charge in [-0.15, -0.1) is 0 Å². The summed E-state index contributed by atoms with van der Waals surface area (Å²) in [6.07, 6.45) is 0. The number of aromatic hydroxyl groups is 1. The third kappa shape index (κ3) is 2.94. The van der Waals surface area contributed by atoms with E-state index in [1.165, 1.54) is 5.56 Å². The van der Waals surface area contributed by atoms with Gasteiger partial charge in [-0.1, -0.05) is 45.8 Å². The lowest BCUT2D eigenvalue weighted by Crippen LogP contribution is -1.99. The number of rotatable bonds is 2. The minimum atomic E-state index is 0.149. The summed E-state index contributed by atoms with van der Waals surface area (Å²) >= 11 is 3.40. The van der Waals surface area contributed by atoms with E-state index in [1.807, 2.05) is 37.3 Å². The molecule has 2 aromatic carbocycles. The summed E-state index contributed by atoms with van der Waals surface area (Å²) in [6, 6.07) is 15.0. The summed E-state index contributed by atoms with van der Waals surface area (Å²) in [7, 11) is 0. The van der Waals surface area contributed by atoms with E-state index in [-0.39, 0.29) is 11.7 Å². The van der Waals surface area contributed by atoms with Crippen LogP contribution in [-0.2, 0) is 0 Å². The summed E-state index contributed by atoms with van der Waals surface area (Å²) in [5, 5.41) is 10.1. The van der Waals surface area contributed by atoms with Gasteiger partial charge in [-0.2, -0.15) is 0 Å². The van der Waals surface area contributed by atoms with Gasteiger partial charge in [-0.25, -0.2) is 9.97 Å². The number of halogens is 1. The number of nitrogen functional groups attached to an aromatic ring is 1. The quantitative estimate of drug-likeness (QED) is 0.723. The Morgan fingerprint density at radius 2 is 1.64 bits per heavy atom. The molecule has 3 N–H and O–H groups in total. The molecule has 22 heavy (non-hydrogen) atoms. The predicted molar refractivity (Wildman–Crippen MR) is 91.4 cm³/mol. The number of phenols is 1. The fourth-order valence-corrected chi connectivity index (χ4v) is 2.55. The summed E-state index contributed by atoms with van der Waals surface area (Å²) in [5.41, 5.74) is 9.88. The van der Waals surface area contributed by atoms with E-state index in [4.69, 9.17) is 5.73 Å². The zero-order valence-electron chi connectivity index (χ0n) is 11.9. The van der Waals surface area contributed by atoms with Crippen molar-refractivity contribution < 1.29 is 5.11 Å². The molecule has 0 aliphatic carbocycles. The van der Waals surface area contributed by atoms with Crippen LogP contribution < -0.4 is 5.73 Å². The standard InChI is InChI=1S/C17H14BrN3O/c1-10-2-4-11(5-3-10)14-9-15(21-17(19)20-14)13-8-12(18)6-7-16(13)22/h2-9,22H,1H3,(H2,19,20,21). The van der Waals surface area contributed by atoms with E-state index in [2.05, 4.69) is 25.9 Å². The van der Waals surface area contributed by atoms with Gasteiger partial charge < -0.3 is 10.8 Å². The van der Waals surface area contributed by atoms with Gasteiger partial charge in [-0.05, 0) is 31.2 Å². The normalized spacial score (nSPS) is 10.6. The van der Waals surface area contributed by atoms with Gasteiger partial charge in [0.25, 0.3) is 0 Å². The molecule has 3 aromatic rings. The third-order valence-corrected chi connectivity index (χ3v) is 3.82. The molecule has 0 radical (unpaired) electrons. The fourth-order valence-electron chi connectivity index (χ4n) is 2.19. The summed E-state index contributed by atoms with van der Waals surface area (Å²) < 4.78 is 0.856. The number of nitrogens with two attached hydrogens (primary N) is 1. The highest BCUT2D eigenvalue weighted by atomic mass is 79.9. The number of aryl methyl sites for hydroxylation is 1. The second kappa shape index (κ2) is 5.77. The van der Waals surface area contributed by atoms with Gasteiger partial charge in [0.15, 0.2) is 0 Å². The molecule has 0 saturated carbocycles. The summed E-state index contributed by atoms with van der Waals surface area (Å²) in [5.74, 6) is 0.323. The van der Waals surface area contributed by atoms with Crippen LogP contribution in [0, 0.1) is 6.92 Å². The highest BCUT2D eigenvalue weighted by Gasteiger charge is 2.11. The van der Waals surface area contributed by atoms with E-state index in [0.717, 1.165) is 15.7 Å². The molecule has 0 spiro atoms. The average Bonchev–Trinajstić information content (AvgIpc) is 2.50. The van der Waals surface area contributed by atoms with Crippen LogP contribution in [0.25, 0.3) is 22.5 Å². The monoisotopic (exact) mass is 355 g/mol. The molecule has 3 rings (SSSR count). The van der Waals surface area contributed by atoms with Crippen molar-refractivity contribution >= 4 is 21.9 Å². The molecule has 5 heteroatoms. The van der Waals surface area contributed by atoms with Crippen molar-refractivity contribution in [1.29, 1.82) is 0 Å². The maximum atomic E-state index is 10.1. The molecular weight excluding hydrogens is 342 g/mol. The van der Waals surface area contributed by atoms with Crippen molar-refractivity contribution in [1.82, 2.24) is 9.97 Å². The molecular formula is C17H14BrN3O. The SMILES string of the molecule is Cc1ccc(-c2cc(-c3cc(Br)ccc3O)nc(N)n2)cc1. The molecule has 0 saturated heterocycles. The van der Waals surface area contributed by atoms with Gasteiger partial charge in [0.05, 0.1) is 11.4 Å². The number of hydrogen-bond donors (Lipinski definition) is 2. The second-order valence-corrected chi connectivity index (χ2v) is 5.94. The van der Waals surface area contributed by atoms with Crippen LogP contribution >= 0.6 is 15.9 Å². The zero-order valence-corrected chi connectivity index (χ0v) is 13.5. The second-order valence-electron chi connectivity index (χ2n) is 5.02. The summed E-state index contributed by atoms with van der Waals surface area (Å²) in [6.45, 7) is 2.03. The minimum absolute atomic E-state index is 0.149. The average molecular weight is 356 g/mol. The fraction of sp³-hybridized carbons (Fsp3) is 0.0588. The number of benzene rings is 2. The van der Waals surface area contributed by atoms with Crippen molar-refractivity contribution in [3.63, 3.8) is 0 Å². The van der Waals surface area contributed by atoms with E-state index >= 15 is 0 Å². The molecule has 0 bridgehead atoms. The molecule has 4 nitrogen and oxygen atoms in total. The Hall–Kier alpha value is -2.40. The van der Waals surface area contributed by atoms with Crippen molar-refractivity contribution in [3.8, 4) is 28.3 Å². The van der Waals surface area contributed by atoms with Crippen LogP contribution in [0.5, 0.6) is 5.75 Å². The maximum absolute atomic E-state index is 10.1. The predicted octanol–water partition coefficient (Wildman–Crippen LogP) is 4.17. The first kappa shape index (κ1) is 14.5. The van der Waals surface area contributed by atoms with Crippen molar-refractivity contribution in [2.45, 2.75) is 6.92 Å².